The van der Waals surface area contributed by atoms with E-state index >= 15 is 0 Å². The van der Waals surface area contributed by atoms with E-state index in [2.05, 4.69) is 39.6 Å². The van der Waals surface area contributed by atoms with Crippen molar-refractivity contribution in [1.29, 1.82) is 0 Å². The predicted octanol–water partition coefficient (Wildman–Crippen LogP) is 4.92. The normalized spacial score (nSPS) is 17.5. The zero-order valence-corrected chi connectivity index (χ0v) is 19.5. The highest BCUT2D eigenvalue weighted by Crippen LogP contribution is 2.29. The third-order valence-electron chi connectivity index (χ3n) is 6.38. The molecule has 4 rings (SSSR count). The van der Waals surface area contributed by atoms with E-state index in [0.29, 0.717) is 0 Å². The quantitative estimate of drug-likeness (QED) is 0.506. The molecule has 0 atom stereocenters. The molecule has 162 valence electrons. The second kappa shape index (κ2) is 10.2. The van der Waals surface area contributed by atoms with Gasteiger partial charge in [-0.25, -0.2) is 0 Å². The Morgan fingerprint density at radius 3 is 2.77 bits per heavy atom. The number of hydrogen-bond acceptors (Lipinski definition) is 4. The Balaban J connectivity index is 1.19. The lowest BCUT2D eigenvalue weighted by atomic mass is 10.1. The van der Waals surface area contributed by atoms with Gasteiger partial charge in [0.05, 0.1) is 5.56 Å². The van der Waals surface area contributed by atoms with E-state index in [9.17, 15) is 4.79 Å². The molecule has 0 spiro atoms. The first-order chi connectivity index (χ1) is 14.6. The number of anilines is 1. The van der Waals surface area contributed by atoms with Crippen molar-refractivity contribution < 1.29 is 4.79 Å². The molecule has 2 heterocycles. The summed E-state index contributed by atoms with van der Waals surface area (Å²) >= 11 is 7.96. The van der Waals surface area contributed by atoms with Gasteiger partial charge in [-0.15, -0.1) is 11.3 Å². The molecule has 1 saturated heterocycles. The fraction of sp³-hybridized carbons (Fsp3) is 0.542. The Bertz CT molecular complexity index is 873. The van der Waals surface area contributed by atoms with Crippen LogP contribution in [-0.4, -0.2) is 50.1 Å². The maximum atomic E-state index is 12.7. The summed E-state index contributed by atoms with van der Waals surface area (Å²) < 4.78 is 0. The van der Waals surface area contributed by atoms with Crippen molar-refractivity contribution in [2.24, 2.45) is 0 Å². The molecule has 1 fully saturated rings. The van der Waals surface area contributed by atoms with Gasteiger partial charge in [-0.3, -0.25) is 9.69 Å². The number of amides is 1. The van der Waals surface area contributed by atoms with Gasteiger partial charge in [-0.05, 0) is 68.8 Å². The minimum Gasteiger partial charge on any atom is -0.369 e. The predicted molar refractivity (Wildman–Crippen MR) is 127 cm³/mol. The molecular formula is C24H32ClN3OS. The van der Waals surface area contributed by atoms with Crippen LogP contribution in [0.3, 0.4) is 0 Å². The van der Waals surface area contributed by atoms with Gasteiger partial charge in [0.1, 0.15) is 0 Å². The monoisotopic (exact) mass is 445 g/mol. The summed E-state index contributed by atoms with van der Waals surface area (Å²) in [4.78, 5) is 19.0. The molecule has 0 saturated carbocycles. The third-order valence-corrected chi connectivity index (χ3v) is 7.70. The lowest BCUT2D eigenvalue weighted by Crippen LogP contribution is -2.47. The van der Waals surface area contributed by atoms with E-state index < -0.39 is 0 Å². The van der Waals surface area contributed by atoms with Crippen molar-refractivity contribution in [3.8, 4) is 0 Å². The molecule has 1 aromatic carbocycles. The topological polar surface area (TPSA) is 35.6 Å². The molecule has 1 aromatic heterocycles. The van der Waals surface area contributed by atoms with Gasteiger partial charge in [0.15, 0.2) is 0 Å². The van der Waals surface area contributed by atoms with Crippen molar-refractivity contribution in [2.45, 2.75) is 45.4 Å². The van der Waals surface area contributed by atoms with Crippen LogP contribution in [0.15, 0.2) is 23.6 Å². The summed E-state index contributed by atoms with van der Waals surface area (Å²) in [7, 11) is 0. The van der Waals surface area contributed by atoms with Crippen LogP contribution in [-0.2, 0) is 12.8 Å². The van der Waals surface area contributed by atoms with Gasteiger partial charge in [0.2, 0.25) is 0 Å². The maximum absolute atomic E-state index is 12.7. The van der Waals surface area contributed by atoms with Gasteiger partial charge < -0.3 is 10.2 Å². The van der Waals surface area contributed by atoms with Crippen LogP contribution < -0.4 is 10.2 Å². The fourth-order valence-corrected chi connectivity index (χ4v) is 5.89. The SMILES string of the molecule is Cc1ccc(Cl)cc1N1CCN(CCCNC(=O)c2csc3c2CCCCC3)CC1. The van der Waals surface area contributed by atoms with Crippen LogP contribution >= 0.6 is 22.9 Å². The minimum atomic E-state index is 0.121. The number of carbonyl (C=O) groups excluding carboxylic acids is 1. The second-order valence-electron chi connectivity index (χ2n) is 8.48. The summed E-state index contributed by atoms with van der Waals surface area (Å²) in [5.74, 6) is 0.121. The summed E-state index contributed by atoms with van der Waals surface area (Å²) in [5.41, 5.74) is 4.79. The molecule has 6 heteroatoms. The molecule has 0 radical (unpaired) electrons. The number of rotatable bonds is 6. The summed E-state index contributed by atoms with van der Waals surface area (Å²) in [6.07, 6.45) is 6.97. The van der Waals surface area contributed by atoms with Crippen molar-refractivity contribution in [2.75, 3.05) is 44.2 Å². The van der Waals surface area contributed by atoms with Crippen LogP contribution in [0, 0.1) is 6.92 Å². The highest BCUT2D eigenvalue weighted by atomic mass is 35.5. The zero-order chi connectivity index (χ0) is 20.9. The molecule has 2 aromatic rings. The molecule has 1 aliphatic carbocycles. The summed E-state index contributed by atoms with van der Waals surface area (Å²) in [6.45, 7) is 8.08. The Labute approximate surface area is 189 Å². The zero-order valence-electron chi connectivity index (χ0n) is 17.9. The average Bonchev–Trinajstić information content (AvgIpc) is 3.02. The number of nitrogens with zero attached hydrogens (tertiary/aromatic N) is 2. The Hall–Kier alpha value is -1.56. The Morgan fingerprint density at radius 1 is 1.13 bits per heavy atom. The number of benzene rings is 1. The smallest absolute Gasteiger partial charge is 0.252 e. The van der Waals surface area contributed by atoms with Crippen molar-refractivity contribution in [3.63, 3.8) is 0 Å². The number of carbonyl (C=O) groups is 1. The van der Waals surface area contributed by atoms with Crippen LogP contribution in [0.25, 0.3) is 0 Å². The van der Waals surface area contributed by atoms with Crippen LogP contribution in [0.2, 0.25) is 5.02 Å². The van der Waals surface area contributed by atoms with E-state index in [4.69, 9.17) is 11.6 Å². The Morgan fingerprint density at radius 2 is 1.93 bits per heavy atom. The van der Waals surface area contributed by atoms with E-state index in [1.165, 1.54) is 41.0 Å². The number of hydrogen-bond donors (Lipinski definition) is 1. The van der Waals surface area contributed by atoms with Crippen LogP contribution in [0.5, 0.6) is 0 Å². The van der Waals surface area contributed by atoms with Crippen LogP contribution in [0.4, 0.5) is 5.69 Å². The van der Waals surface area contributed by atoms with E-state index in [0.717, 1.165) is 69.1 Å². The fourth-order valence-electron chi connectivity index (χ4n) is 4.60. The molecule has 4 nitrogen and oxygen atoms in total. The van der Waals surface area contributed by atoms with Gasteiger partial charge in [-0.1, -0.05) is 24.1 Å². The molecular weight excluding hydrogens is 414 g/mol. The summed E-state index contributed by atoms with van der Waals surface area (Å²) in [6, 6.07) is 6.13. The molecule has 1 aliphatic heterocycles. The largest absolute Gasteiger partial charge is 0.369 e. The lowest BCUT2D eigenvalue weighted by Gasteiger charge is -2.37. The third kappa shape index (κ3) is 5.19. The first-order valence-corrected chi connectivity index (χ1v) is 12.5. The maximum Gasteiger partial charge on any atom is 0.252 e. The first-order valence-electron chi connectivity index (χ1n) is 11.2. The standard InChI is InChI=1S/C24H32ClN3OS/c1-18-8-9-19(25)16-22(18)28-14-12-27(13-15-28)11-5-10-26-24(29)21-17-30-23-7-4-2-3-6-20(21)23/h8-9,16-17H,2-7,10-15H2,1H3,(H,26,29). The van der Waals surface area contributed by atoms with E-state index in [1.807, 2.05) is 6.07 Å². The van der Waals surface area contributed by atoms with Crippen molar-refractivity contribution >= 4 is 34.5 Å². The van der Waals surface area contributed by atoms with Gasteiger partial charge in [-0.2, -0.15) is 0 Å². The van der Waals surface area contributed by atoms with Crippen molar-refractivity contribution in [1.82, 2.24) is 10.2 Å². The highest BCUT2D eigenvalue weighted by molar-refractivity contribution is 7.10. The first kappa shape index (κ1) is 21.7. The number of nitrogens with one attached hydrogen (secondary N) is 1. The number of aryl methyl sites for hydroxylation is 2. The van der Waals surface area contributed by atoms with Crippen LogP contribution in [0.1, 0.15) is 52.0 Å². The second-order valence-corrected chi connectivity index (χ2v) is 9.88. The van der Waals surface area contributed by atoms with Crippen molar-refractivity contribution in [3.05, 3.63) is 50.2 Å². The average molecular weight is 446 g/mol. The number of thiophene rings is 1. The van der Waals surface area contributed by atoms with Gasteiger partial charge >= 0.3 is 0 Å². The number of halogens is 1. The lowest BCUT2D eigenvalue weighted by molar-refractivity contribution is 0.0951. The van der Waals surface area contributed by atoms with Gasteiger partial charge in [0, 0.05) is 53.7 Å². The molecule has 1 amide bonds. The highest BCUT2D eigenvalue weighted by Gasteiger charge is 2.20. The molecule has 2 aliphatic rings. The van der Waals surface area contributed by atoms with E-state index in [1.54, 1.807) is 11.3 Å². The molecule has 0 bridgehead atoms. The summed E-state index contributed by atoms with van der Waals surface area (Å²) in [5, 5.41) is 6.03. The Kier molecular flexibility index (Phi) is 7.34. The van der Waals surface area contributed by atoms with Gasteiger partial charge in [0.25, 0.3) is 5.91 Å². The van der Waals surface area contributed by atoms with E-state index in [-0.39, 0.29) is 5.91 Å². The molecule has 30 heavy (non-hydrogen) atoms. The molecule has 0 unspecified atom stereocenters. The number of piperazine rings is 1. The minimum absolute atomic E-state index is 0.121. The molecule has 1 N–H and O–H groups in total. The number of fused-ring (bicyclic) bond motifs is 1.